The Bertz CT molecular complexity index is 1250. The number of amides is 1. The van der Waals surface area contributed by atoms with E-state index < -0.39 is 10.0 Å². The van der Waals surface area contributed by atoms with E-state index in [1.165, 1.54) is 30.0 Å². The Morgan fingerprint density at radius 1 is 0.865 bits per heavy atom. The molecule has 0 saturated carbocycles. The first-order chi connectivity index (χ1) is 17.9. The molecule has 0 aromatic heterocycles. The third-order valence-corrected chi connectivity index (χ3v) is 8.60. The Kier molecular flexibility index (Phi) is 9.36. The molecule has 3 aromatic rings. The van der Waals surface area contributed by atoms with Gasteiger partial charge in [0.25, 0.3) is 15.9 Å². The quantitative estimate of drug-likeness (QED) is 0.365. The summed E-state index contributed by atoms with van der Waals surface area (Å²) in [4.78, 5) is 16.0. The van der Waals surface area contributed by atoms with Crippen LogP contribution in [0.15, 0.2) is 83.8 Å². The molecule has 0 radical (unpaired) electrons. The van der Waals surface area contributed by atoms with Crippen LogP contribution in [-0.4, -0.2) is 45.4 Å². The highest BCUT2D eigenvalue weighted by Crippen LogP contribution is 2.29. The molecule has 0 atom stereocenters. The molecule has 7 heteroatoms. The maximum Gasteiger partial charge on any atom is 0.264 e. The molecule has 1 aliphatic rings. The van der Waals surface area contributed by atoms with Gasteiger partial charge in [0.1, 0.15) is 0 Å². The number of para-hydroxylation sites is 1. The van der Waals surface area contributed by atoms with Gasteiger partial charge in [-0.25, -0.2) is 8.42 Å². The SMILES string of the molecule is Cc1ccc(S(=O)(=O)N(Cc2ccccc2)c2ccccc2C(=O)NCCCN2CCCCCC2)cc1. The fraction of sp³-hybridized carbons (Fsp3) is 0.367. The zero-order valence-corrected chi connectivity index (χ0v) is 22.4. The van der Waals surface area contributed by atoms with Gasteiger partial charge >= 0.3 is 0 Å². The molecule has 196 valence electrons. The number of sulfonamides is 1. The minimum Gasteiger partial charge on any atom is -0.352 e. The molecule has 0 unspecified atom stereocenters. The number of rotatable bonds is 10. The van der Waals surface area contributed by atoms with Gasteiger partial charge in [-0.2, -0.15) is 0 Å². The lowest BCUT2D eigenvalue weighted by Crippen LogP contribution is -2.34. The number of aryl methyl sites for hydroxylation is 1. The molecule has 1 saturated heterocycles. The average Bonchev–Trinajstić information content (AvgIpc) is 3.19. The summed E-state index contributed by atoms with van der Waals surface area (Å²) in [6, 6.07) is 23.2. The van der Waals surface area contributed by atoms with E-state index >= 15 is 0 Å². The van der Waals surface area contributed by atoms with E-state index in [0.717, 1.165) is 37.2 Å². The van der Waals surface area contributed by atoms with Crippen LogP contribution in [0.25, 0.3) is 0 Å². The Morgan fingerprint density at radius 2 is 1.51 bits per heavy atom. The highest BCUT2D eigenvalue weighted by Gasteiger charge is 2.28. The summed E-state index contributed by atoms with van der Waals surface area (Å²) in [6.45, 7) is 5.81. The van der Waals surface area contributed by atoms with Crippen molar-refractivity contribution >= 4 is 21.6 Å². The first kappa shape index (κ1) is 26.9. The van der Waals surface area contributed by atoms with Crippen LogP contribution in [0.2, 0.25) is 0 Å². The van der Waals surface area contributed by atoms with Crippen molar-refractivity contribution in [2.24, 2.45) is 0 Å². The third-order valence-electron chi connectivity index (χ3n) is 6.83. The van der Waals surface area contributed by atoms with Crippen molar-refractivity contribution in [1.29, 1.82) is 0 Å². The van der Waals surface area contributed by atoms with Crippen molar-refractivity contribution in [2.75, 3.05) is 30.5 Å². The molecule has 1 N–H and O–H groups in total. The highest BCUT2D eigenvalue weighted by molar-refractivity contribution is 7.92. The molecule has 0 spiro atoms. The minimum atomic E-state index is -3.92. The molecule has 1 aliphatic heterocycles. The number of benzene rings is 3. The summed E-state index contributed by atoms with van der Waals surface area (Å²) in [5.74, 6) is -0.261. The molecule has 4 rings (SSSR count). The second kappa shape index (κ2) is 12.9. The van der Waals surface area contributed by atoms with Crippen LogP contribution < -0.4 is 9.62 Å². The van der Waals surface area contributed by atoms with Crippen LogP contribution in [0.5, 0.6) is 0 Å². The molecule has 1 amide bonds. The lowest BCUT2D eigenvalue weighted by Gasteiger charge is -2.27. The van der Waals surface area contributed by atoms with Gasteiger partial charge in [-0.1, -0.05) is 73.0 Å². The van der Waals surface area contributed by atoms with Crippen LogP contribution in [0.3, 0.4) is 0 Å². The van der Waals surface area contributed by atoms with Crippen molar-refractivity contribution in [1.82, 2.24) is 10.2 Å². The van der Waals surface area contributed by atoms with Crippen LogP contribution in [0.4, 0.5) is 5.69 Å². The Balaban J connectivity index is 1.55. The second-order valence-electron chi connectivity index (χ2n) is 9.69. The Labute approximate surface area is 221 Å². The molecule has 0 aliphatic carbocycles. The van der Waals surface area contributed by atoms with Crippen LogP contribution in [-0.2, 0) is 16.6 Å². The highest BCUT2D eigenvalue weighted by atomic mass is 32.2. The number of nitrogens with zero attached hydrogens (tertiary/aromatic N) is 2. The average molecular weight is 520 g/mol. The fourth-order valence-electron chi connectivity index (χ4n) is 4.73. The summed E-state index contributed by atoms with van der Waals surface area (Å²) < 4.78 is 29.1. The van der Waals surface area contributed by atoms with Crippen molar-refractivity contribution in [3.05, 3.63) is 95.6 Å². The summed E-state index contributed by atoms with van der Waals surface area (Å²) in [5, 5.41) is 3.02. The fourth-order valence-corrected chi connectivity index (χ4v) is 6.20. The van der Waals surface area contributed by atoms with E-state index in [1.807, 2.05) is 37.3 Å². The molecule has 1 fully saturated rings. The van der Waals surface area contributed by atoms with Crippen molar-refractivity contribution < 1.29 is 13.2 Å². The Morgan fingerprint density at radius 3 is 2.22 bits per heavy atom. The van der Waals surface area contributed by atoms with E-state index in [-0.39, 0.29) is 17.3 Å². The van der Waals surface area contributed by atoms with E-state index in [0.29, 0.717) is 17.8 Å². The first-order valence-electron chi connectivity index (χ1n) is 13.2. The maximum absolute atomic E-state index is 13.9. The molecule has 3 aromatic carbocycles. The standard InChI is InChI=1S/C30H37N3O3S/c1-25-16-18-27(19-17-25)37(35,36)33(24-26-12-5-4-6-13-26)29-15-8-7-14-28(29)30(34)31-20-11-23-32-21-9-2-3-10-22-32/h4-8,12-19H,2-3,9-11,20-24H2,1H3,(H,31,34). The molecule has 1 heterocycles. The van der Waals surface area contributed by atoms with E-state index in [2.05, 4.69) is 10.2 Å². The number of carbonyl (C=O) groups is 1. The van der Waals surface area contributed by atoms with Gasteiger partial charge < -0.3 is 10.2 Å². The van der Waals surface area contributed by atoms with Gasteiger partial charge in [0.05, 0.1) is 22.7 Å². The van der Waals surface area contributed by atoms with Crippen molar-refractivity contribution in [3.8, 4) is 0 Å². The smallest absolute Gasteiger partial charge is 0.264 e. The lowest BCUT2D eigenvalue weighted by molar-refractivity contribution is 0.0952. The lowest BCUT2D eigenvalue weighted by atomic mass is 10.1. The molecule has 37 heavy (non-hydrogen) atoms. The number of carbonyl (C=O) groups excluding carboxylic acids is 1. The number of likely N-dealkylation sites (tertiary alicyclic amines) is 1. The van der Waals surface area contributed by atoms with Crippen LogP contribution in [0.1, 0.15) is 53.6 Å². The van der Waals surface area contributed by atoms with E-state index in [9.17, 15) is 13.2 Å². The van der Waals surface area contributed by atoms with Gasteiger partial charge in [0, 0.05) is 6.54 Å². The monoisotopic (exact) mass is 519 g/mol. The van der Waals surface area contributed by atoms with E-state index in [1.54, 1.807) is 48.5 Å². The zero-order chi connectivity index (χ0) is 26.1. The van der Waals surface area contributed by atoms with Crippen LogP contribution >= 0.6 is 0 Å². The van der Waals surface area contributed by atoms with Gasteiger partial charge in [0.15, 0.2) is 0 Å². The van der Waals surface area contributed by atoms with Gasteiger partial charge in [-0.3, -0.25) is 9.10 Å². The predicted octanol–water partition coefficient (Wildman–Crippen LogP) is 5.39. The zero-order valence-electron chi connectivity index (χ0n) is 21.6. The third kappa shape index (κ3) is 7.21. The van der Waals surface area contributed by atoms with Gasteiger partial charge in [0.2, 0.25) is 0 Å². The van der Waals surface area contributed by atoms with Crippen LogP contribution in [0, 0.1) is 6.92 Å². The predicted molar refractivity (Wildman–Crippen MR) is 149 cm³/mol. The first-order valence-corrected chi connectivity index (χ1v) is 14.6. The number of hydrogen-bond acceptors (Lipinski definition) is 4. The summed E-state index contributed by atoms with van der Waals surface area (Å²) in [6.07, 6.45) is 5.95. The Hall–Kier alpha value is -3.16. The van der Waals surface area contributed by atoms with Gasteiger partial charge in [-0.05, 0) is 75.6 Å². The largest absolute Gasteiger partial charge is 0.352 e. The number of anilines is 1. The number of nitrogens with one attached hydrogen (secondary N) is 1. The number of hydrogen-bond donors (Lipinski definition) is 1. The minimum absolute atomic E-state index is 0.121. The normalized spacial score (nSPS) is 14.6. The summed E-state index contributed by atoms with van der Waals surface area (Å²) in [5.41, 5.74) is 2.54. The molecular weight excluding hydrogens is 482 g/mol. The molecule has 6 nitrogen and oxygen atoms in total. The van der Waals surface area contributed by atoms with Crippen molar-refractivity contribution in [3.63, 3.8) is 0 Å². The maximum atomic E-state index is 13.9. The molecule has 0 bridgehead atoms. The van der Waals surface area contributed by atoms with Crippen molar-refractivity contribution in [2.45, 2.75) is 50.5 Å². The summed E-state index contributed by atoms with van der Waals surface area (Å²) in [7, 11) is -3.92. The molecular formula is C30H37N3O3S. The van der Waals surface area contributed by atoms with Gasteiger partial charge in [-0.15, -0.1) is 0 Å². The van der Waals surface area contributed by atoms with E-state index in [4.69, 9.17) is 0 Å². The topological polar surface area (TPSA) is 69.7 Å². The second-order valence-corrected chi connectivity index (χ2v) is 11.6. The summed E-state index contributed by atoms with van der Waals surface area (Å²) >= 11 is 0.